The van der Waals surface area contributed by atoms with E-state index in [0.29, 0.717) is 13.0 Å². The van der Waals surface area contributed by atoms with Crippen LogP contribution in [0.3, 0.4) is 0 Å². The van der Waals surface area contributed by atoms with Crippen molar-refractivity contribution < 1.29 is 31.1 Å². The van der Waals surface area contributed by atoms with Gasteiger partial charge in [-0.05, 0) is 57.7 Å². The molecule has 1 N–H and O–H groups in total. The Morgan fingerprint density at radius 2 is 1.43 bits per heavy atom. The number of pyridine rings is 1. The highest BCUT2D eigenvalue weighted by atomic mass is 127. The van der Waals surface area contributed by atoms with Crippen LogP contribution in [0.5, 0.6) is 5.75 Å². The van der Waals surface area contributed by atoms with Crippen LogP contribution in [-0.2, 0) is 23.2 Å². The quantitative estimate of drug-likeness (QED) is 0.0797. The third-order valence-corrected chi connectivity index (χ3v) is 8.87. The molecule has 1 amide bonds. The summed E-state index contributed by atoms with van der Waals surface area (Å²) in [6.07, 6.45) is 20.5. The Labute approximate surface area is 291 Å². The van der Waals surface area contributed by atoms with Gasteiger partial charge in [0.25, 0.3) is 0 Å². The number of hydrogen-bond acceptors (Lipinski definition) is 2. The molecule has 44 heavy (non-hydrogen) atoms. The predicted molar refractivity (Wildman–Crippen MR) is 189 cm³/mol. The molecule has 0 aliphatic heterocycles. The Kier molecular flexibility index (Phi) is 18.2. The summed E-state index contributed by atoms with van der Waals surface area (Å²) in [5, 5.41) is 3.21. The van der Waals surface area contributed by atoms with E-state index in [-0.39, 0.29) is 28.3 Å². The van der Waals surface area contributed by atoms with Crippen molar-refractivity contribution in [1.82, 2.24) is 0 Å². The van der Waals surface area contributed by atoms with Crippen molar-refractivity contribution in [3.63, 3.8) is 0 Å². The van der Waals surface area contributed by atoms with Crippen LogP contribution in [0.25, 0.3) is 0 Å². The molecule has 0 saturated carbocycles. The molecule has 0 atom stereocenters. The molecule has 1 heterocycles. The number of hydrogen-bond donors (Lipinski definition) is 1. The first-order valence-electron chi connectivity index (χ1n) is 16.6. The van der Waals surface area contributed by atoms with Gasteiger partial charge in [0, 0.05) is 21.3 Å². The molecule has 0 fully saturated rings. The molecule has 1 aromatic heterocycles. The van der Waals surface area contributed by atoms with E-state index in [9.17, 15) is 4.79 Å². The maximum absolute atomic E-state index is 13.2. The normalized spacial score (nSPS) is 11.2. The van der Waals surface area contributed by atoms with Crippen molar-refractivity contribution in [2.75, 3.05) is 11.9 Å². The average molecular weight is 778 g/mol. The minimum absolute atomic E-state index is 0. The zero-order valence-corrected chi connectivity index (χ0v) is 31.2. The third-order valence-electron chi connectivity index (χ3n) is 7.97. The van der Waals surface area contributed by atoms with Crippen molar-refractivity contribution in [3.05, 3.63) is 87.3 Å². The van der Waals surface area contributed by atoms with Crippen molar-refractivity contribution in [2.24, 2.45) is 0 Å². The monoisotopic (exact) mass is 776 g/mol. The second-order valence-corrected chi connectivity index (χ2v) is 14.0. The van der Waals surface area contributed by atoms with E-state index in [1.807, 2.05) is 48.8 Å². The number of rotatable bonds is 19. The van der Waals surface area contributed by atoms with Gasteiger partial charge in [0.05, 0.1) is 18.7 Å². The lowest BCUT2D eigenvalue weighted by Gasteiger charge is -2.24. The fourth-order valence-corrected chi connectivity index (χ4v) is 6.16. The van der Waals surface area contributed by atoms with Gasteiger partial charge in [0.15, 0.2) is 18.9 Å². The summed E-state index contributed by atoms with van der Waals surface area (Å²) in [7, 11) is 0. The molecule has 4 nitrogen and oxygen atoms in total. The molecule has 0 bridgehead atoms. The lowest BCUT2D eigenvalue weighted by atomic mass is 9.85. The summed E-state index contributed by atoms with van der Waals surface area (Å²) in [5.74, 6) is 0.938. The number of amides is 1. The third kappa shape index (κ3) is 14.0. The minimum atomic E-state index is -0.0761. The fraction of sp³-hybridized carbons (Fsp3) is 0.526. The number of nitrogens with one attached hydrogen (secondary N) is 1. The Morgan fingerprint density at radius 1 is 0.818 bits per heavy atom. The molecular weight excluding hydrogens is 723 g/mol. The highest BCUT2D eigenvalue weighted by molar-refractivity contribution is 14.1. The largest absolute Gasteiger partial charge is 1.00 e. The first kappa shape index (κ1) is 38.3. The summed E-state index contributed by atoms with van der Waals surface area (Å²) >= 11 is 2.31. The SMILES string of the molecule is CCCCCCCCCCCCCCOc1ccc(CC(=O)Nc2c(I)cccc2C[n+]2ccccc2)cc1C(C)(C)C.[Br-]. The number of nitrogens with zero attached hydrogens (tertiary/aromatic N) is 1. The predicted octanol–water partition coefficient (Wildman–Crippen LogP) is 7.19. The second-order valence-electron chi connectivity index (χ2n) is 12.9. The summed E-state index contributed by atoms with van der Waals surface area (Å²) in [4.78, 5) is 13.2. The highest BCUT2D eigenvalue weighted by Gasteiger charge is 2.21. The standard InChI is InChI=1S/C38H53IN2O2.BrH/c1-5-6-7-8-9-10-11-12-13-14-15-19-27-43-35-24-23-31(28-33(35)38(2,3)4)29-36(42)40-37-32(21-20-22-34(37)39)30-41-25-17-16-18-26-41;/h16-18,20-26,28H,5-15,19,27,29-30H2,1-4H3;1H. The van der Waals surface area contributed by atoms with E-state index in [1.165, 1.54) is 70.6 Å². The van der Waals surface area contributed by atoms with Crippen molar-refractivity contribution in [3.8, 4) is 5.75 Å². The number of halogens is 2. The van der Waals surface area contributed by atoms with Crippen LogP contribution >= 0.6 is 22.6 Å². The van der Waals surface area contributed by atoms with Crippen LogP contribution in [0, 0.1) is 3.57 Å². The summed E-state index contributed by atoms with van der Waals surface area (Å²) in [5.41, 5.74) is 4.07. The van der Waals surface area contributed by atoms with Crippen LogP contribution in [0.4, 0.5) is 5.69 Å². The average Bonchev–Trinajstić information content (AvgIpc) is 2.98. The zero-order chi connectivity index (χ0) is 30.9. The van der Waals surface area contributed by atoms with Crippen LogP contribution in [0.2, 0.25) is 0 Å². The van der Waals surface area contributed by atoms with Crippen LogP contribution in [0.1, 0.15) is 121 Å². The molecule has 0 saturated heterocycles. The van der Waals surface area contributed by atoms with Gasteiger partial charge in [0.1, 0.15) is 5.75 Å². The summed E-state index contributed by atoms with van der Waals surface area (Å²) in [6.45, 7) is 10.4. The summed E-state index contributed by atoms with van der Waals surface area (Å²) < 4.78 is 9.45. The minimum Gasteiger partial charge on any atom is -1.00 e. The van der Waals surface area contributed by atoms with Crippen LogP contribution in [-0.4, -0.2) is 12.5 Å². The Bertz CT molecular complexity index is 1240. The Balaban J connectivity index is 0.00000675. The van der Waals surface area contributed by atoms with Gasteiger partial charge in [-0.2, -0.15) is 0 Å². The van der Waals surface area contributed by atoms with E-state index in [2.05, 4.69) is 78.4 Å². The van der Waals surface area contributed by atoms with E-state index < -0.39 is 0 Å². The van der Waals surface area contributed by atoms with Crippen molar-refractivity contribution in [1.29, 1.82) is 0 Å². The molecule has 6 heteroatoms. The zero-order valence-electron chi connectivity index (χ0n) is 27.5. The molecule has 0 radical (unpaired) electrons. The number of benzene rings is 2. The maximum atomic E-state index is 13.2. The van der Waals surface area contributed by atoms with Gasteiger partial charge in [-0.25, -0.2) is 4.57 Å². The number of aromatic nitrogens is 1. The number of carbonyl (C=O) groups excluding carboxylic acids is 1. The van der Waals surface area contributed by atoms with Gasteiger partial charge in [-0.1, -0.05) is 129 Å². The van der Waals surface area contributed by atoms with Crippen LogP contribution < -0.4 is 31.6 Å². The van der Waals surface area contributed by atoms with E-state index in [4.69, 9.17) is 4.74 Å². The molecule has 3 aromatic rings. The first-order chi connectivity index (χ1) is 20.8. The number of carbonyl (C=O) groups is 1. The molecule has 0 aliphatic carbocycles. The number of anilines is 1. The first-order valence-corrected chi connectivity index (χ1v) is 17.6. The molecule has 3 rings (SSSR count). The maximum Gasteiger partial charge on any atom is 0.228 e. The van der Waals surface area contributed by atoms with E-state index >= 15 is 0 Å². The van der Waals surface area contributed by atoms with Crippen LogP contribution in [0.15, 0.2) is 67.0 Å². The topological polar surface area (TPSA) is 42.2 Å². The lowest BCUT2D eigenvalue weighted by Crippen LogP contribution is -3.00. The van der Waals surface area contributed by atoms with Gasteiger partial charge in [-0.15, -0.1) is 0 Å². The van der Waals surface area contributed by atoms with Gasteiger partial charge < -0.3 is 27.0 Å². The fourth-order valence-electron chi connectivity index (χ4n) is 5.47. The number of unbranched alkanes of at least 4 members (excludes halogenated alkanes) is 11. The Hall–Kier alpha value is -1.93. The van der Waals surface area contributed by atoms with Crippen molar-refractivity contribution in [2.45, 2.75) is 123 Å². The van der Waals surface area contributed by atoms with Gasteiger partial charge in [-0.3, -0.25) is 4.79 Å². The second kappa shape index (κ2) is 21.0. The van der Waals surface area contributed by atoms with E-state index in [0.717, 1.165) is 44.7 Å². The Morgan fingerprint density at radius 3 is 2.05 bits per heavy atom. The lowest BCUT2D eigenvalue weighted by molar-refractivity contribution is -0.688. The molecule has 0 unspecified atom stereocenters. The molecule has 2 aromatic carbocycles. The van der Waals surface area contributed by atoms with Gasteiger partial charge >= 0.3 is 0 Å². The molecule has 242 valence electrons. The smallest absolute Gasteiger partial charge is 0.228 e. The molecule has 0 spiro atoms. The van der Waals surface area contributed by atoms with Crippen molar-refractivity contribution >= 4 is 34.2 Å². The number of para-hydroxylation sites is 1. The molecular formula is C38H54BrIN2O2. The number of ether oxygens (including phenoxy) is 1. The summed E-state index contributed by atoms with van der Waals surface area (Å²) in [6, 6.07) is 18.5. The highest BCUT2D eigenvalue weighted by Crippen LogP contribution is 2.33. The van der Waals surface area contributed by atoms with E-state index in [1.54, 1.807) is 0 Å². The molecule has 0 aliphatic rings. The van der Waals surface area contributed by atoms with Gasteiger partial charge in [0.2, 0.25) is 5.91 Å².